The van der Waals surface area contributed by atoms with E-state index in [1.54, 1.807) is 30.3 Å². The van der Waals surface area contributed by atoms with Crippen LogP contribution in [0, 0.1) is 0 Å². The molecular formula is C26H18ClNO4S. The fraction of sp³-hybridized carbons (Fsp3) is 0.0769. The van der Waals surface area contributed by atoms with Crippen molar-refractivity contribution in [1.29, 1.82) is 0 Å². The highest BCUT2D eigenvalue weighted by molar-refractivity contribution is 7.18. The van der Waals surface area contributed by atoms with Crippen LogP contribution in [0.2, 0.25) is 5.02 Å². The summed E-state index contributed by atoms with van der Waals surface area (Å²) < 4.78 is 5.55. The molecule has 0 radical (unpaired) electrons. The average molecular weight is 476 g/mol. The molecule has 4 aromatic rings. The second-order valence-electron chi connectivity index (χ2n) is 7.62. The maximum Gasteiger partial charge on any atom is 0.411 e. The van der Waals surface area contributed by atoms with Crippen LogP contribution in [-0.4, -0.2) is 23.8 Å². The fourth-order valence-corrected chi connectivity index (χ4v) is 5.23. The van der Waals surface area contributed by atoms with Gasteiger partial charge in [-0.2, -0.15) is 0 Å². The highest BCUT2D eigenvalue weighted by Crippen LogP contribution is 2.44. The number of carbonyl (C=O) groups is 2. The largest absolute Gasteiger partial charge is 0.477 e. The van der Waals surface area contributed by atoms with Gasteiger partial charge in [0.1, 0.15) is 11.5 Å². The molecule has 7 heteroatoms. The van der Waals surface area contributed by atoms with Crippen molar-refractivity contribution >= 4 is 40.7 Å². The summed E-state index contributed by atoms with van der Waals surface area (Å²) in [5.74, 6) is -1.19. The van der Waals surface area contributed by atoms with Gasteiger partial charge < -0.3 is 9.84 Å². The lowest BCUT2D eigenvalue weighted by Crippen LogP contribution is -2.18. The predicted octanol–water partition coefficient (Wildman–Crippen LogP) is 7.13. The number of amides is 1. The number of carboxylic acids is 1. The van der Waals surface area contributed by atoms with Crippen LogP contribution < -0.4 is 5.32 Å². The highest BCUT2D eigenvalue weighted by atomic mass is 35.5. The monoisotopic (exact) mass is 475 g/mol. The van der Waals surface area contributed by atoms with Gasteiger partial charge in [-0.25, -0.2) is 9.59 Å². The zero-order chi connectivity index (χ0) is 22.9. The molecule has 33 heavy (non-hydrogen) atoms. The number of carbonyl (C=O) groups excluding carboxylic acids is 1. The fourth-order valence-electron chi connectivity index (χ4n) is 4.14. The van der Waals surface area contributed by atoms with Crippen LogP contribution in [-0.2, 0) is 4.74 Å². The Bertz CT molecular complexity index is 1320. The average Bonchev–Trinajstić information content (AvgIpc) is 3.38. The molecule has 5 rings (SSSR count). The Morgan fingerprint density at radius 1 is 0.939 bits per heavy atom. The summed E-state index contributed by atoms with van der Waals surface area (Å²) in [5, 5.41) is 12.8. The van der Waals surface area contributed by atoms with E-state index in [1.165, 1.54) is 0 Å². The summed E-state index contributed by atoms with van der Waals surface area (Å²) in [6.45, 7) is 0.149. The minimum absolute atomic E-state index is 0.0356. The molecule has 5 nitrogen and oxygen atoms in total. The van der Waals surface area contributed by atoms with Gasteiger partial charge in [-0.1, -0.05) is 72.3 Å². The topological polar surface area (TPSA) is 75.6 Å². The van der Waals surface area contributed by atoms with E-state index in [4.69, 9.17) is 16.3 Å². The van der Waals surface area contributed by atoms with E-state index >= 15 is 0 Å². The first kappa shape index (κ1) is 21.2. The van der Waals surface area contributed by atoms with Gasteiger partial charge in [0.2, 0.25) is 0 Å². The number of ether oxygens (including phenoxy) is 1. The van der Waals surface area contributed by atoms with Crippen molar-refractivity contribution in [2.24, 2.45) is 0 Å². The van der Waals surface area contributed by atoms with Crippen molar-refractivity contribution in [3.05, 3.63) is 99.9 Å². The third-order valence-corrected chi connectivity index (χ3v) is 7.06. The second-order valence-corrected chi connectivity index (χ2v) is 9.10. The first-order chi connectivity index (χ1) is 16.0. The minimum Gasteiger partial charge on any atom is -0.477 e. The number of carboxylic acid groups (broad SMARTS) is 1. The zero-order valence-corrected chi connectivity index (χ0v) is 18.8. The van der Waals surface area contributed by atoms with E-state index in [0.717, 1.165) is 39.2 Å². The number of thiophene rings is 1. The summed E-state index contributed by atoms with van der Waals surface area (Å²) in [4.78, 5) is 25.1. The molecule has 0 atom stereocenters. The molecule has 2 N–H and O–H groups in total. The lowest BCUT2D eigenvalue weighted by molar-refractivity contribution is 0.0703. The number of fused-ring (bicyclic) bond motifs is 3. The zero-order valence-electron chi connectivity index (χ0n) is 17.2. The van der Waals surface area contributed by atoms with Gasteiger partial charge in [-0.15, -0.1) is 11.3 Å². The smallest absolute Gasteiger partial charge is 0.411 e. The van der Waals surface area contributed by atoms with Crippen molar-refractivity contribution in [2.45, 2.75) is 5.92 Å². The first-order valence-corrected chi connectivity index (χ1v) is 11.5. The molecule has 0 saturated heterocycles. The maximum atomic E-state index is 12.6. The normalized spacial score (nSPS) is 12.2. The number of anilines is 1. The van der Waals surface area contributed by atoms with Crippen LogP contribution in [0.3, 0.4) is 0 Å². The summed E-state index contributed by atoms with van der Waals surface area (Å²) >= 11 is 7.02. The van der Waals surface area contributed by atoms with Crippen LogP contribution in [0.1, 0.15) is 26.7 Å². The van der Waals surface area contributed by atoms with Gasteiger partial charge in [0.25, 0.3) is 0 Å². The Morgan fingerprint density at radius 2 is 1.55 bits per heavy atom. The van der Waals surface area contributed by atoms with Gasteiger partial charge in [0, 0.05) is 15.8 Å². The van der Waals surface area contributed by atoms with E-state index in [0.29, 0.717) is 9.90 Å². The Labute approximate surface area is 199 Å². The molecule has 1 amide bonds. The molecule has 1 aromatic heterocycles. The first-order valence-electron chi connectivity index (χ1n) is 10.3. The number of hydrogen-bond donors (Lipinski definition) is 2. The molecule has 0 aliphatic heterocycles. The number of halogens is 1. The highest BCUT2D eigenvalue weighted by Gasteiger charge is 2.29. The van der Waals surface area contributed by atoms with E-state index in [-0.39, 0.29) is 23.1 Å². The Hall–Kier alpha value is -3.61. The predicted molar refractivity (Wildman–Crippen MR) is 130 cm³/mol. The molecule has 0 saturated carbocycles. The van der Waals surface area contributed by atoms with Crippen molar-refractivity contribution < 1.29 is 19.4 Å². The molecule has 0 spiro atoms. The lowest BCUT2D eigenvalue weighted by Gasteiger charge is -2.14. The van der Waals surface area contributed by atoms with Gasteiger partial charge in [0.15, 0.2) is 0 Å². The minimum atomic E-state index is -1.12. The molecule has 164 valence electrons. The SMILES string of the molecule is O=C(Nc1cc(-c2ccc(Cl)cc2)sc1C(=O)O)OCC1c2ccccc2-c2ccccc21. The van der Waals surface area contributed by atoms with Gasteiger partial charge in [-0.3, -0.25) is 5.32 Å². The number of hydrogen-bond acceptors (Lipinski definition) is 4. The summed E-state index contributed by atoms with van der Waals surface area (Å²) in [7, 11) is 0. The second kappa shape index (κ2) is 8.73. The quantitative estimate of drug-likeness (QED) is 0.322. The van der Waals surface area contributed by atoms with Crippen molar-refractivity contribution in [1.82, 2.24) is 0 Å². The number of rotatable bonds is 5. The van der Waals surface area contributed by atoms with Crippen LogP contribution in [0.15, 0.2) is 78.9 Å². The van der Waals surface area contributed by atoms with E-state index < -0.39 is 12.1 Å². The molecule has 1 aliphatic carbocycles. The molecule has 1 heterocycles. The standard InChI is InChI=1S/C26H18ClNO4S/c27-16-11-9-15(10-12-16)23-13-22(24(33-23)25(29)30)28-26(31)32-14-21-19-7-3-1-5-17(19)18-6-2-4-8-20(18)21/h1-13,21H,14H2,(H,28,31)(H,29,30). The van der Waals surface area contributed by atoms with Gasteiger partial charge >= 0.3 is 12.1 Å². The van der Waals surface area contributed by atoms with Crippen LogP contribution in [0.5, 0.6) is 0 Å². The third-order valence-electron chi connectivity index (χ3n) is 5.64. The van der Waals surface area contributed by atoms with Crippen molar-refractivity contribution in [3.8, 4) is 21.6 Å². The number of benzene rings is 3. The Balaban J connectivity index is 1.34. The lowest BCUT2D eigenvalue weighted by atomic mass is 9.98. The molecule has 0 bridgehead atoms. The van der Waals surface area contributed by atoms with E-state index in [9.17, 15) is 14.7 Å². The molecule has 0 fully saturated rings. The molecule has 3 aromatic carbocycles. The van der Waals surface area contributed by atoms with Crippen LogP contribution in [0.25, 0.3) is 21.6 Å². The maximum absolute atomic E-state index is 12.6. The van der Waals surface area contributed by atoms with Gasteiger partial charge in [-0.05, 0) is 46.0 Å². The van der Waals surface area contributed by atoms with E-state index in [2.05, 4.69) is 17.4 Å². The summed E-state index contributed by atoms with van der Waals surface area (Å²) in [5.41, 5.74) is 5.51. The molecule has 1 aliphatic rings. The number of nitrogens with one attached hydrogen (secondary N) is 1. The van der Waals surface area contributed by atoms with Crippen molar-refractivity contribution in [3.63, 3.8) is 0 Å². The van der Waals surface area contributed by atoms with Crippen LogP contribution >= 0.6 is 22.9 Å². The number of aromatic carboxylic acids is 1. The van der Waals surface area contributed by atoms with Gasteiger partial charge in [0.05, 0.1) is 5.69 Å². The summed E-state index contributed by atoms with van der Waals surface area (Å²) in [6.07, 6.45) is -0.695. The Kier molecular flexibility index (Phi) is 5.62. The van der Waals surface area contributed by atoms with Crippen LogP contribution in [0.4, 0.5) is 10.5 Å². The van der Waals surface area contributed by atoms with Crippen molar-refractivity contribution in [2.75, 3.05) is 11.9 Å². The van der Waals surface area contributed by atoms with E-state index in [1.807, 2.05) is 36.4 Å². The summed E-state index contributed by atoms with van der Waals surface area (Å²) in [6, 6.07) is 24.9. The molecule has 0 unspecified atom stereocenters. The Morgan fingerprint density at radius 3 is 2.15 bits per heavy atom. The molecular weight excluding hydrogens is 458 g/mol. The third kappa shape index (κ3) is 4.11.